The van der Waals surface area contributed by atoms with Crippen molar-refractivity contribution in [3.05, 3.63) is 69.5 Å². The Labute approximate surface area is 144 Å². The lowest BCUT2D eigenvalue weighted by molar-refractivity contribution is -0.384. The summed E-state index contributed by atoms with van der Waals surface area (Å²) < 4.78 is 19.3. The summed E-state index contributed by atoms with van der Waals surface area (Å²) >= 11 is 0. The maximum Gasteiger partial charge on any atom is 0.340 e. The molecule has 25 heavy (non-hydrogen) atoms. The Morgan fingerprint density at radius 1 is 1.28 bits per heavy atom. The molecule has 0 amide bonds. The Kier molecular flexibility index (Phi) is 4.65. The molecule has 7 heteroatoms. The number of carbonyl (C=O) groups is 1. The van der Waals surface area contributed by atoms with Crippen LogP contribution in [-0.4, -0.2) is 31.1 Å². The number of benzene rings is 2. The molecule has 0 spiro atoms. The first-order valence-electron chi connectivity index (χ1n) is 7.87. The number of anilines is 1. The van der Waals surface area contributed by atoms with Crippen molar-refractivity contribution in [2.24, 2.45) is 0 Å². The third-order valence-electron chi connectivity index (χ3n) is 4.49. The molecular weight excluding hydrogens is 327 g/mol. The van der Waals surface area contributed by atoms with Crippen LogP contribution in [0.1, 0.15) is 28.3 Å². The van der Waals surface area contributed by atoms with Gasteiger partial charge in [-0.15, -0.1) is 0 Å². The Balaban J connectivity index is 1.79. The van der Waals surface area contributed by atoms with Crippen molar-refractivity contribution in [3.63, 3.8) is 0 Å². The molecule has 130 valence electrons. The fraction of sp³-hybridized carbons (Fsp3) is 0.278. The Bertz CT molecular complexity index is 807. The van der Waals surface area contributed by atoms with E-state index in [1.807, 2.05) is 0 Å². The normalized spacial score (nSPS) is 16.7. The zero-order valence-electron chi connectivity index (χ0n) is 13.6. The van der Waals surface area contributed by atoms with Crippen molar-refractivity contribution < 1.29 is 18.8 Å². The third-order valence-corrected chi connectivity index (χ3v) is 4.49. The monoisotopic (exact) mass is 344 g/mol. The van der Waals surface area contributed by atoms with Crippen LogP contribution in [0, 0.1) is 15.9 Å². The fourth-order valence-electron chi connectivity index (χ4n) is 3.17. The van der Waals surface area contributed by atoms with Gasteiger partial charge < -0.3 is 9.64 Å². The molecule has 0 N–H and O–H groups in total. The molecule has 2 aromatic rings. The van der Waals surface area contributed by atoms with E-state index in [1.54, 1.807) is 24.3 Å². The molecule has 3 rings (SSSR count). The van der Waals surface area contributed by atoms with Gasteiger partial charge in [-0.05, 0) is 30.2 Å². The summed E-state index contributed by atoms with van der Waals surface area (Å²) in [5.41, 5.74) is 1.33. The third kappa shape index (κ3) is 3.31. The van der Waals surface area contributed by atoms with Gasteiger partial charge >= 0.3 is 5.97 Å². The Morgan fingerprint density at radius 3 is 2.64 bits per heavy atom. The van der Waals surface area contributed by atoms with E-state index >= 15 is 0 Å². The van der Waals surface area contributed by atoms with Crippen LogP contribution in [-0.2, 0) is 4.74 Å². The minimum absolute atomic E-state index is 0.0383. The summed E-state index contributed by atoms with van der Waals surface area (Å²) in [7, 11) is 1.22. The number of rotatable bonds is 4. The highest BCUT2D eigenvalue weighted by atomic mass is 19.1. The van der Waals surface area contributed by atoms with Gasteiger partial charge in [-0.25, -0.2) is 9.18 Å². The predicted molar refractivity (Wildman–Crippen MR) is 90.4 cm³/mol. The van der Waals surface area contributed by atoms with E-state index in [0.717, 1.165) is 12.1 Å². The van der Waals surface area contributed by atoms with E-state index in [9.17, 15) is 19.3 Å². The van der Waals surface area contributed by atoms with Crippen LogP contribution in [0.4, 0.5) is 15.8 Å². The summed E-state index contributed by atoms with van der Waals surface area (Å²) in [4.78, 5) is 24.0. The maximum absolute atomic E-state index is 14.6. The van der Waals surface area contributed by atoms with Gasteiger partial charge in [0.1, 0.15) is 5.82 Å². The predicted octanol–water partition coefficient (Wildman–Crippen LogP) is 3.51. The maximum atomic E-state index is 14.6. The zero-order chi connectivity index (χ0) is 18.0. The van der Waals surface area contributed by atoms with Crippen LogP contribution in [0.2, 0.25) is 0 Å². The summed E-state index contributed by atoms with van der Waals surface area (Å²) in [5, 5.41) is 10.7. The van der Waals surface area contributed by atoms with E-state index in [1.165, 1.54) is 25.3 Å². The van der Waals surface area contributed by atoms with Gasteiger partial charge in [0.2, 0.25) is 0 Å². The molecule has 0 aromatic heterocycles. The van der Waals surface area contributed by atoms with Crippen molar-refractivity contribution in [1.82, 2.24) is 0 Å². The van der Waals surface area contributed by atoms with Gasteiger partial charge in [0.05, 0.1) is 17.6 Å². The molecule has 1 unspecified atom stereocenters. The molecule has 1 saturated heterocycles. The van der Waals surface area contributed by atoms with E-state index < -0.39 is 16.7 Å². The quantitative estimate of drug-likeness (QED) is 0.482. The van der Waals surface area contributed by atoms with Gasteiger partial charge in [0.15, 0.2) is 0 Å². The molecule has 2 aromatic carbocycles. The second kappa shape index (κ2) is 6.88. The molecule has 1 atom stereocenters. The van der Waals surface area contributed by atoms with Crippen molar-refractivity contribution in [1.29, 1.82) is 0 Å². The summed E-state index contributed by atoms with van der Waals surface area (Å²) in [6.07, 6.45) is 0.735. The fourth-order valence-corrected chi connectivity index (χ4v) is 3.17. The van der Waals surface area contributed by atoms with Crippen molar-refractivity contribution in [2.45, 2.75) is 12.3 Å². The molecular formula is C18H17FN2O4. The second-order valence-corrected chi connectivity index (χ2v) is 5.91. The molecule has 0 aliphatic carbocycles. The largest absolute Gasteiger partial charge is 0.465 e. The van der Waals surface area contributed by atoms with Crippen LogP contribution >= 0.6 is 0 Å². The molecule has 1 fully saturated rings. The molecule has 1 aliphatic rings. The second-order valence-electron chi connectivity index (χ2n) is 5.91. The molecule has 1 aliphatic heterocycles. The first kappa shape index (κ1) is 16.9. The van der Waals surface area contributed by atoms with Crippen LogP contribution < -0.4 is 4.90 Å². The van der Waals surface area contributed by atoms with E-state index in [-0.39, 0.29) is 17.2 Å². The molecule has 0 saturated carbocycles. The number of methoxy groups -OCH3 is 1. The van der Waals surface area contributed by atoms with Crippen molar-refractivity contribution in [2.75, 3.05) is 25.1 Å². The average Bonchev–Trinajstić information content (AvgIpc) is 3.11. The molecule has 6 nitrogen and oxygen atoms in total. The highest BCUT2D eigenvalue weighted by Gasteiger charge is 2.28. The highest BCUT2D eigenvalue weighted by Crippen LogP contribution is 2.33. The first-order chi connectivity index (χ1) is 12.0. The lowest BCUT2D eigenvalue weighted by Crippen LogP contribution is -2.19. The van der Waals surface area contributed by atoms with E-state index in [0.29, 0.717) is 18.7 Å². The van der Waals surface area contributed by atoms with Crippen LogP contribution in [0.3, 0.4) is 0 Å². The SMILES string of the molecule is COC(=O)c1cccc(C2CCN(c3ccc([N+](=O)[O-])cc3)C2)c1F. The van der Waals surface area contributed by atoms with Gasteiger partial charge in [0, 0.05) is 36.8 Å². The van der Waals surface area contributed by atoms with Crippen molar-refractivity contribution in [3.8, 4) is 0 Å². The minimum Gasteiger partial charge on any atom is -0.465 e. The van der Waals surface area contributed by atoms with Gasteiger partial charge in [-0.3, -0.25) is 10.1 Å². The minimum atomic E-state index is -0.690. The number of hydrogen-bond acceptors (Lipinski definition) is 5. The van der Waals surface area contributed by atoms with Crippen LogP contribution in [0.5, 0.6) is 0 Å². The number of non-ortho nitro benzene ring substituents is 1. The van der Waals surface area contributed by atoms with Crippen LogP contribution in [0.25, 0.3) is 0 Å². The molecule has 0 radical (unpaired) electrons. The lowest BCUT2D eigenvalue weighted by atomic mass is 9.95. The highest BCUT2D eigenvalue weighted by molar-refractivity contribution is 5.89. The summed E-state index contributed by atoms with van der Waals surface area (Å²) in [6.45, 7) is 1.30. The van der Waals surface area contributed by atoms with Gasteiger partial charge in [0.25, 0.3) is 5.69 Å². The Hall–Kier alpha value is -2.96. The standard InChI is InChI=1S/C18H17FN2O4/c1-25-18(22)16-4-2-3-15(17(16)19)12-9-10-20(11-12)13-5-7-14(8-6-13)21(23)24/h2-8,12H,9-11H2,1H3. The summed E-state index contributed by atoms with van der Waals surface area (Å²) in [6, 6.07) is 11.1. The van der Waals surface area contributed by atoms with E-state index in [2.05, 4.69) is 9.64 Å². The first-order valence-corrected chi connectivity index (χ1v) is 7.87. The number of esters is 1. The number of hydrogen-bond donors (Lipinski definition) is 0. The zero-order valence-corrected chi connectivity index (χ0v) is 13.6. The Morgan fingerprint density at radius 2 is 2.00 bits per heavy atom. The molecule has 0 bridgehead atoms. The molecule has 1 heterocycles. The topological polar surface area (TPSA) is 72.7 Å². The summed E-state index contributed by atoms with van der Waals surface area (Å²) in [5.74, 6) is -1.28. The average molecular weight is 344 g/mol. The number of nitro benzene ring substituents is 1. The number of ether oxygens (including phenoxy) is 1. The van der Waals surface area contributed by atoms with Gasteiger partial charge in [-0.2, -0.15) is 0 Å². The van der Waals surface area contributed by atoms with Gasteiger partial charge in [-0.1, -0.05) is 12.1 Å². The van der Waals surface area contributed by atoms with E-state index in [4.69, 9.17) is 0 Å². The van der Waals surface area contributed by atoms with Crippen molar-refractivity contribution >= 4 is 17.3 Å². The lowest BCUT2D eigenvalue weighted by Gasteiger charge is -2.19. The smallest absolute Gasteiger partial charge is 0.340 e. The number of halogens is 1. The van der Waals surface area contributed by atoms with Crippen LogP contribution in [0.15, 0.2) is 42.5 Å². The number of nitrogens with zero attached hydrogens (tertiary/aromatic N) is 2. The number of nitro groups is 1. The number of carbonyl (C=O) groups excluding carboxylic acids is 1.